The first kappa shape index (κ1) is 13.6. The third-order valence-electron chi connectivity index (χ3n) is 2.47. The van der Waals surface area contributed by atoms with Crippen molar-refractivity contribution in [3.05, 3.63) is 35.1 Å². The molecule has 1 unspecified atom stereocenters. The first-order chi connectivity index (χ1) is 8.04. The largest absolute Gasteiger partial charge is 0.394 e. The van der Waals surface area contributed by atoms with E-state index >= 15 is 0 Å². The maximum absolute atomic E-state index is 13.0. The molecule has 0 spiro atoms. The van der Waals surface area contributed by atoms with Gasteiger partial charge in [-0.25, -0.2) is 4.39 Å². The standard InChI is InChI=1S/C12H17FN2O2/c1-8-6-9(2-3-10(8)13)4-5-15-12(17)11(14)7-16/h2-3,6,11,16H,4-5,7,14H2,1H3,(H,15,17). The second-order valence-corrected chi connectivity index (χ2v) is 3.91. The molecule has 0 radical (unpaired) electrons. The van der Waals surface area contributed by atoms with Crippen molar-refractivity contribution in [2.75, 3.05) is 13.2 Å². The van der Waals surface area contributed by atoms with Crippen LogP contribution < -0.4 is 11.1 Å². The van der Waals surface area contributed by atoms with Crippen LogP contribution in [-0.2, 0) is 11.2 Å². The zero-order valence-corrected chi connectivity index (χ0v) is 9.74. The van der Waals surface area contributed by atoms with Crippen molar-refractivity contribution in [1.82, 2.24) is 5.32 Å². The second-order valence-electron chi connectivity index (χ2n) is 3.91. The van der Waals surface area contributed by atoms with Crippen molar-refractivity contribution in [3.63, 3.8) is 0 Å². The Morgan fingerprint density at radius 3 is 2.88 bits per heavy atom. The Balaban J connectivity index is 2.41. The number of aliphatic hydroxyl groups is 1. The lowest BCUT2D eigenvalue weighted by Crippen LogP contribution is -2.43. The molecule has 0 fully saturated rings. The van der Waals surface area contributed by atoms with E-state index in [1.807, 2.05) is 0 Å². The van der Waals surface area contributed by atoms with Crippen LogP contribution in [0.25, 0.3) is 0 Å². The molecule has 4 N–H and O–H groups in total. The Labute approximate surface area is 99.6 Å². The number of aliphatic hydroxyl groups excluding tert-OH is 1. The zero-order chi connectivity index (χ0) is 12.8. The van der Waals surface area contributed by atoms with Gasteiger partial charge >= 0.3 is 0 Å². The molecule has 0 aromatic heterocycles. The minimum Gasteiger partial charge on any atom is -0.394 e. The van der Waals surface area contributed by atoms with Crippen LogP contribution in [0.4, 0.5) is 4.39 Å². The van der Waals surface area contributed by atoms with Gasteiger partial charge in [0.25, 0.3) is 0 Å². The number of carbonyl (C=O) groups is 1. The van der Waals surface area contributed by atoms with E-state index in [4.69, 9.17) is 10.8 Å². The topological polar surface area (TPSA) is 75.4 Å². The number of nitrogens with one attached hydrogen (secondary N) is 1. The van der Waals surface area contributed by atoms with E-state index in [0.717, 1.165) is 5.56 Å². The third-order valence-corrected chi connectivity index (χ3v) is 2.47. The Bertz CT molecular complexity index is 396. The first-order valence-corrected chi connectivity index (χ1v) is 5.43. The van der Waals surface area contributed by atoms with Crippen LogP contribution in [0.2, 0.25) is 0 Å². The molecule has 5 heteroatoms. The lowest BCUT2D eigenvalue weighted by molar-refractivity contribution is -0.123. The van der Waals surface area contributed by atoms with Crippen molar-refractivity contribution >= 4 is 5.91 Å². The number of rotatable bonds is 5. The van der Waals surface area contributed by atoms with Gasteiger partial charge in [-0.2, -0.15) is 0 Å². The molecule has 0 saturated carbocycles. The van der Waals surface area contributed by atoms with Crippen molar-refractivity contribution in [3.8, 4) is 0 Å². The maximum Gasteiger partial charge on any atom is 0.239 e. The minimum absolute atomic E-state index is 0.236. The van der Waals surface area contributed by atoms with Gasteiger partial charge in [-0.15, -0.1) is 0 Å². The number of aryl methyl sites for hydroxylation is 1. The fraction of sp³-hybridized carbons (Fsp3) is 0.417. The highest BCUT2D eigenvalue weighted by atomic mass is 19.1. The van der Waals surface area contributed by atoms with Crippen LogP contribution in [0.15, 0.2) is 18.2 Å². The molecule has 0 aliphatic heterocycles. The molecule has 94 valence electrons. The van der Waals surface area contributed by atoms with Crippen LogP contribution >= 0.6 is 0 Å². The lowest BCUT2D eigenvalue weighted by atomic mass is 10.1. The van der Waals surface area contributed by atoms with E-state index in [0.29, 0.717) is 18.5 Å². The molecule has 0 heterocycles. The molecule has 0 aliphatic carbocycles. The number of nitrogens with two attached hydrogens (primary N) is 1. The predicted molar refractivity (Wildman–Crippen MR) is 62.9 cm³/mol. The number of hydrogen-bond acceptors (Lipinski definition) is 3. The third kappa shape index (κ3) is 4.13. The molecule has 1 aromatic carbocycles. The molecule has 1 rings (SSSR count). The van der Waals surface area contributed by atoms with Crippen LogP contribution in [-0.4, -0.2) is 30.2 Å². The van der Waals surface area contributed by atoms with Gasteiger partial charge in [0, 0.05) is 6.54 Å². The minimum atomic E-state index is -0.884. The molecule has 4 nitrogen and oxygen atoms in total. The Morgan fingerprint density at radius 2 is 2.29 bits per heavy atom. The van der Waals surface area contributed by atoms with Gasteiger partial charge in [0.05, 0.1) is 6.61 Å². The van der Waals surface area contributed by atoms with Crippen LogP contribution in [0.5, 0.6) is 0 Å². The number of halogens is 1. The summed E-state index contributed by atoms with van der Waals surface area (Å²) in [5.41, 5.74) is 6.86. The van der Waals surface area contributed by atoms with E-state index < -0.39 is 6.04 Å². The average Bonchev–Trinajstić information content (AvgIpc) is 2.32. The summed E-state index contributed by atoms with van der Waals surface area (Å²) in [5.74, 6) is -0.619. The lowest BCUT2D eigenvalue weighted by Gasteiger charge is -2.09. The molecular formula is C12H17FN2O2. The summed E-state index contributed by atoms with van der Waals surface area (Å²) in [6.07, 6.45) is 0.602. The number of hydrogen-bond donors (Lipinski definition) is 3. The zero-order valence-electron chi connectivity index (χ0n) is 9.74. The molecule has 1 aromatic rings. The summed E-state index contributed by atoms with van der Waals surface area (Å²) < 4.78 is 13.0. The molecule has 0 bridgehead atoms. The maximum atomic E-state index is 13.0. The van der Waals surface area contributed by atoms with Crippen LogP contribution in [0.1, 0.15) is 11.1 Å². The van der Waals surface area contributed by atoms with E-state index in [2.05, 4.69) is 5.32 Å². The number of benzene rings is 1. The van der Waals surface area contributed by atoms with Gasteiger partial charge in [0.2, 0.25) is 5.91 Å². The van der Waals surface area contributed by atoms with Crippen LogP contribution in [0.3, 0.4) is 0 Å². The normalized spacial score (nSPS) is 12.2. The van der Waals surface area contributed by atoms with Crippen molar-refractivity contribution in [2.45, 2.75) is 19.4 Å². The van der Waals surface area contributed by atoms with Crippen molar-refractivity contribution in [1.29, 1.82) is 0 Å². The SMILES string of the molecule is Cc1cc(CCNC(=O)C(N)CO)ccc1F. The number of carbonyl (C=O) groups excluding carboxylic acids is 1. The van der Waals surface area contributed by atoms with Gasteiger partial charge in [-0.1, -0.05) is 12.1 Å². The van der Waals surface area contributed by atoms with Gasteiger partial charge in [0.1, 0.15) is 11.9 Å². The van der Waals surface area contributed by atoms with Gasteiger partial charge in [-0.3, -0.25) is 4.79 Å². The van der Waals surface area contributed by atoms with Crippen molar-refractivity contribution in [2.24, 2.45) is 5.73 Å². The van der Waals surface area contributed by atoms with Crippen molar-refractivity contribution < 1.29 is 14.3 Å². The Hall–Kier alpha value is -1.46. The van der Waals surface area contributed by atoms with E-state index in [-0.39, 0.29) is 18.3 Å². The van der Waals surface area contributed by atoms with E-state index in [1.165, 1.54) is 6.07 Å². The fourth-order valence-corrected chi connectivity index (χ4v) is 1.41. The first-order valence-electron chi connectivity index (χ1n) is 5.43. The highest BCUT2D eigenvalue weighted by Gasteiger charge is 2.10. The summed E-state index contributed by atoms with van der Waals surface area (Å²) in [5, 5.41) is 11.3. The smallest absolute Gasteiger partial charge is 0.239 e. The molecule has 1 amide bonds. The van der Waals surface area contributed by atoms with E-state index in [1.54, 1.807) is 19.1 Å². The van der Waals surface area contributed by atoms with Gasteiger partial charge in [-0.05, 0) is 30.5 Å². The van der Waals surface area contributed by atoms with Gasteiger partial charge < -0.3 is 16.2 Å². The summed E-state index contributed by atoms with van der Waals surface area (Å²) in [6.45, 7) is 1.73. The summed E-state index contributed by atoms with van der Waals surface area (Å²) >= 11 is 0. The molecular weight excluding hydrogens is 223 g/mol. The highest BCUT2D eigenvalue weighted by molar-refractivity contribution is 5.81. The van der Waals surface area contributed by atoms with Gasteiger partial charge in [0.15, 0.2) is 0 Å². The highest BCUT2D eigenvalue weighted by Crippen LogP contribution is 2.09. The summed E-state index contributed by atoms with van der Waals surface area (Å²) in [7, 11) is 0. The molecule has 1 atom stereocenters. The quantitative estimate of drug-likeness (QED) is 0.684. The summed E-state index contributed by atoms with van der Waals surface area (Å²) in [6, 6.07) is 3.95. The molecule has 0 aliphatic rings. The van der Waals surface area contributed by atoms with Crippen LogP contribution in [0, 0.1) is 12.7 Å². The second kappa shape index (κ2) is 6.32. The monoisotopic (exact) mass is 240 g/mol. The fourth-order valence-electron chi connectivity index (χ4n) is 1.41. The number of amides is 1. The average molecular weight is 240 g/mol. The Kier molecular flexibility index (Phi) is 5.06. The molecule has 17 heavy (non-hydrogen) atoms. The Morgan fingerprint density at radius 1 is 1.59 bits per heavy atom. The predicted octanol–water partition coefficient (Wildman–Crippen LogP) is 0.112. The van der Waals surface area contributed by atoms with E-state index in [9.17, 15) is 9.18 Å². The summed E-state index contributed by atoms with van der Waals surface area (Å²) in [4.78, 5) is 11.2. The molecule has 0 saturated heterocycles.